The van der Waals surface area contributed by atoms with Gasteiger partial charge < -0.3 is 69.3 Å². The second-order valence-corrected chi connectivity index (χ2v) is 9.81. The maximum atomic E-state index is 12.8. The van der Waals surface area contributed by atoms with Crippen molar-refractivity contribution in [1.82, 2.24) is 0 Å². The molecule has 0 unspecified atom stereocenters. The first-order valence-electron chi connectivity index (χ1n) is 12.4. The number of aromatic hydroxyl groups is 3. The van der Waals surface area contributed by atoms with E-state index in [1.807, 2.05) is 0 Å². The van der Waals surface area contributed by atoms with Crippen LogP contribution >= 0.6 is 0 Å². The van der Waals surface area contributed by atoms with Gasteiger partial charge in [0.25, 0.3) is 0 Å². The van der Waals surface area contributed by atoms with E-state index in [9.17, 15) is 50.8 Å². The predicted octanol–water partition coefficient (Wildman–Crippen LogP) is -1.78. The first-order valence-corrected chi connectivity index (χ1v) is 12.4. The van der Waals surface area contributed by atoms with Crippen molar-refractivity contribution in [2.45, 2.75) is 48.7 Å². The van der Waals surface area contributed by atoms with Crippen LogP contribution < -0.4 is 10.2 Å². The molecule has 0 bridgehead atoms. The Balaban J connectivity index is 1.48. The lowest BCUT2D eigenvalue weighted by Crippen LogP contribution is -2.62. The molecule has 2 fully saturated rings. The number of hydrogen-bond donors (Lipinski definition) is 9. The molecule has 41 heavy (non-hydrogen) atoms. The molecule has 0 radical (unpaired) electrons. The third-order valence-electron chi connectivity index (χ3n) is 6.99. The molecule has 1 aromatic heterocycles. The lowest BCUT2D eigenvalue weighted by molar-refractivity contribution is -0.318. The monoisotopic (exact) mass is 580 g/mol. The molecular formula is C26H28O15. The molecule has 0 saturated carbocycles. The Bertz CT molecular complexity index is 1470. The second kappa shape index (κ2) is 11.1. The van der Waals surface area contributed by atoms with E-state index in [1.54, 1.807) is 0 Å². The van der Waals surface area contributed by atoms with Gasteiger partial charge in [0.15, 0.2) is 29.3 Å². The Morgan fingerprint density at radius 2 is 1.68 bits per heavy atom. The number of aliphatic hydroxyl groups excluding tert-OH is 5. The van der Waals surface area contributed by atoms with Gasteiger partial charge in [-0.25, -0.2) is 0 Å². The van der Waals surface area contributed by atoms with Crippen LogP contribution in [-0.4, -0.2) is 114 Å². The number of benzene rings is 2. The Labute approximate surface area is 230 Å². The van der Waals surface area contributed by atoms with Crippen molar-refractivity contribution in [1.29, 1.82) is 0 Å². The Morgan fingerprint density at radius 1 is 0.927 bits per heavy atom. The highest BCUT2D eigenvalue weighted by atomic mass is 16.8. The fourth-order valence-corrected chi connectivity index (χ4v) is 4.62. The molecule has 15 nitrogen and oxygen atoms in total. The van der Waals surface area contributed by atoms with E-state index in [2.05, 4.69) is 0 Å². The van der Waals surface area contributed by atoms with Gasteiger partial charge in [0.1, 0.15) is 58.2 Å². The van der Waals surface area contributed by atoms with Crippen molar-refractivity contribution >= 4 is 11.0 Å². The highest BCUT2D eigenvalue weighted by Gasteiger charge is 2.53. The summed E-state index contributed by atoms with van der Waals surface area (Å²) in [6, 6.07) is 7.06. The minimum absolute atomic E-state index is 0.0212. The molecule has 2 aliphatic heterocycles. The summed E-state index contributed by atoms with van der Waals surface area (Å²) in [5, 5.41) is 90.5. The number of aliphatic hydroxyl groups is 6. The minimum atomic E-state index is -2.05. The fourth-order valence-electron chi connectivity index (χ4n) is 4.62. The molecule has 2 aliphatic rings. The maximum Gasteiger partial charge on any atom is 0.229 e. The van der Waals surface area contributed by atoms with Gasteiger partial charge in [0.05, 0.1) is 19.8 Å². The predicted molar refractivity (Wildman–Crippen MR) is 134 cm³/mol. The Kier molecular flexibility index (Phi) is 7.82. The first kappa shape index (κ1) is 29.0. The lowest BCUT2D eigenvalue weighted by Gasteiger charge is -2.42. The van der Waals surface area contributed by atoms with Crippen molar-refractivity contribution in [3.8, 4) is 34.3 Å². The molecule has 15 heteroatoms. The smallest absolute Gasteiger partial charge is 0.229 e. The van der Waals surface area contributed by atoms with Gasteiger partial charge in [0, 0.05) is 23.8 Å². The number of phenols is 3. The van der Waals surface area contributed by atoms with Crippen LogP contribution in [0.3, 0.4) is 0 Å². The summed E-state index contributed by atoms with van der Waals surface area (Å²) in [7, 11) is 0. The van der Waals surface area contributed by atoms with Crippen LogP contribution in [0.2, 0.25) is 0 Å². The van der Waals surface area contributed by atoms with Crippen LogP contribution in [0.4, 0.5) is 0 Å². The number of ether oxygens (including phenoxy) is 4. The van der Waals surface area contributed by atoms with Crippen LogP contribution in [0.15, 0.2) is 45.6 Å². The molecule has 9 N–H and O–H groups in total. The van der Waals surface area contributed by atoms with E-state index in [4.69, 9.17) is 23.4 Å². The van der Waals surface area contributed by atoms with Crippen LogP contribution in [0.25, 0.3) is 22.3 Å². The van der Waals surface area contributed by atoms with Gasteiger partial charge in [-0.15, -0.1) is 0 Å². The number of phenolic OH excluding ortho intramolecular Hbond substituents is 3. The van der Waals surface area contributed by atoms with Crippen molar-refractivity contribution < 1.29 is 69.3 Å². The quantitative estimate of drug-likeness (QED) is 0.140. The largest absolute Gasteiger partial charge is 0.507 e. The van der Waals surface area contributed by atoms with Gasteiger partial charge >= 0.3 is 0 Å². The van der Waals surface area contributed by atoms with Crippen molar-refractivity contribution in [3.63, 3.8) is 0 Å². The van der Waals surface area contributed by atoms with E-state index in [0.717, 1.165) is 18.2 Å². The SMILES string of the molecule is O=c1cc(-c2ccc(O)c(O)c2)oc2cc(O[C@@H]3O[C@H](CO)[C@@H](O)[C@H](O)[C@H]3O[C@H]3OC[C@@](O)(CO)[C@@H]3O)cc(O)c12. The van der Waals surface area contributed by atoms with E-state index in [1.165, 1.54) is 18.2 Å². The molecule has 3 heterocycles. The van der Waals surface area contributed by atoms with Gasteiger partial charge in [-0.05, 0) is 18.2 Å². The topological polar surface area (TPSA) is 249 Å². The van der Waals surface area contributed by atoms with Crippen molar-refractivity contribution in [2.24, 2.45) is 0 Å². The van der Waals surface area contributed by atoms with E-state index < -0.39 is 85.4 Å². The third-order valence-corrected chi connectivity index (χ3v) is 6.99. The average molecular weight is 580 g/mol. The van der Waals surface area contributed by atoms with Gasteiger partial charge in [-0.2, -0.15) is 0 Å². The molecule has 8 atom stereocenters. The molecule has 5 rings (SSSR count). The molecule has 0 amide bonds. The molecule has 0 spiro atoms. The summed E-state index contributed by atoms with van der Waals surface area (Å²) in [5.74, 6) is -1.60. The third kappa shape index (κ3) is 5.30. The number of fused-ring (bicyclic) bond motifs is 1. The lowest BCUT2D eigenvalue weighted by atomic mass is 9.98. The summed E-state index contributed by atoms with van der Waals surface area (Å²) in [6.45, 7) is -2.11. The molecule has 2 aromatic carbocycles. The zero-order valence-corrected chi connectivity index (χ0v) is 21.1. The first-order chi connectivity index (χ1) is 19.4. The fraction of sp³-hybridized carbons (Fsp3) is 0.423. The van der Waals surface area contributed by atoms with Crippen LogP contribution in [0, 0.1) is 0 Å². The zero-order chi connectivity index (χ0) is 29.6. The highest BCUT2D eigenvalue weighted by Crippen LogP contribution is 2.36. The molecule has 222 valence electrons. The summed E-state index contributed by atoms with van der Waals surface area (Å²) in [6.07, 6.45) is -11.4. The molecule has 3 aromatic rings. The second-order valence-electron chi connectivity index (χ2n) is 9.81. The standard InChI is InChI=1S/C26H28O15/c27-7-18-20(33)21(34)22(41-25-23(35)26(36,8-28)9-37-25)24(40-18)38-11-4-14(31)19-15(32)6-16(39-17(19)5-11)10-1-2-12(29)13(30)3-10/h1-6,18,20-25,27-31,33-36H,7-9H2/t18-,20-,21+,22-,23-,24-,25-,26+/m1/s1. The molecular weight excluding hydrogens is 552 g/mol. The summed E-state index contributed by atoms with van der Waals surface area (Å²) < 4.78 is 27.9. The highest BCUT2D eigenvalue weighted by molar-refractivity contribution is 5.86. The Morgan fingerprint density at radius 3 is 2.34 bits per heavy atom. The number of rotatable bonds is 7. The summed E-state index contributed by atoms with van der Waals surface area (Å²) in [4.78, 5) is 12.8. The van der Waals surface area contributed by atoms with Crippen molar-refractivity contribution in [3.05, 3.63) is 46.6 Å². The van der Waals surface area contributed by atoms with Gasteiger partial charge in [-0.3, -0.25) is 4.79 Å². The minimum Gasteiger partial charge on any atom is -0.507 e. The molecule has 0 aliphatic carbocycles. The Hall–Kier alpha value is -3.51. The van der Waals surface area contributed by atoms with Crippen LogP contribution in [0.5, 0.6) is 23.0 Å². The summed E-state index contributed by atoms with van der Waals surface area (Å²) >= 11 is 0. The maximum absolute atomic E-state index is 12.8. The molecule has 2 saturated heterocycles. The van der Waals surface area contributed by atoms with E-state index >= 15 is 0 Å². The number of hydrogen-bond acceptors (Lipinski definition) is 15. The average Bonchev–Trinajstić information content (AvgIpc) is 3.22. The van der Waals surface area contributed by atoms with Crippen LogP contribution in [-0.2, 0) is 14.2 Å². The van der Waals surface area contributed by atoms with Crippen LogP contribution in [0.1, 0.15) is 0 Å². The summed E-state index contributed by atoms with van der Waals surface area (Å²) in [5.41, 5.74) is -2.63. The van der Waals surface area contributed by atoms with E-state index in [0.29, 0.717) is 0 Å². The van der Waals surface area contributed by atoms with Gasteiger partial charge in [-0.1, -0.05) is 0 Å². The zero-order valence-electron chi connectivity index (χ0n) is 21.1. The van der Waals surface area contributed by atoms with Crippen molar-refractivity contribution in [2.75, 3.05) is 19.8 Å². The van der Waals surface area contributed by atoms with Gasteiger partial charge in [0.2, 0.25) is 6.29 Å². The normalized spacial score (nSPS) is 31.9. The van der Waals surface area contributed by atoms with E-state index in [-0.39, 0.29) is 33.8 Å².